The van der Waals surface area contributed by atoms with Gasteiger partial charge in [-0.05, 0) is 37.3 Å². The van der Waals surface area contributed by atoms with E-state index in [9.17, 15) is 4.79 Å². The summed E-state index contributed by atoms with van der Waals surface area (Å²) in [4.78, 5) is 11.9. The molecule has 4 nitrogen and oxygen atoms in total. The fraction of sp³-hybridized carbons (Fsp3) is 0.533. The van der Waals surface area contributed by atoms with E-state index in [0.717, 1.165) is 13.0 Å². The fourth-order valence-corrected chi connectivity index (χ4v) is 2.88. The van der Waals surface area contributed by atoms with Crippen molar-refractivity contribution >= 4 is 23.2 Å². The lowest BCUT2D eigenvalue weighted by Crippen LogP contribution is -2.41. The maximum atomic E-state index is 11.9. The molecule has 20 heavy (non-hydrogen) atoms. The third-order valence-electron chi connectivity index (χ3n) is 3.90. The molecule has 2 N–H and O–H groups in total. The molecule has 1 amide bonds. The number of amides is 1. The smallest absolute Gasteiger partial charge is 0.238 e. The van der Waals surface area contributed by atoms with Gasteiger partial charge in [0.2, 0.25) is 5.91 Å². The van der Waals surface area contributed by atoms with Gasteiger partial charge in [-0.25, -0.2) is 0 Å². The third kappa shape index (κ3) is 3.32. The molecule has 2 aliphatic rings. The fourth-order valence-electron chi connectivity index (χ4n) is 2.70. The van der Waals surface area contributed by atoms with Gasteiger partial charge < -0.3 is 15.4 Å². The van der Waals surface area contributed by atoms with Gasteiger partial charge in [0.25, 0.3) is 0 Å². The molecule has 2 unspecified atom stereocenters. The van der Waals surface area contributed by atoms with Gasteiger partial charge >= 0.3 is 0 Å². The van der Waals surface area contributed by atoms with E-state index in [1.54, 1.807) is 12.1 Å². The minimum Gasteiger partial charge on any atom is -0.376 e. The lowest BCUT2D eigenvalue weighted by Gasteiger charge is -2.19. The average Bonchev–Trinajstić information content (AvgIpc) is 3.18. The molecule has 5 heteroatoms. The zero-order chi connectivity index (χ0) is 13.9. The molecule has 1 aliphatic carbocycles. The van der Waals surface area contributed by atoms with Crippen LogP contribution in [0.5, 0.6) is 0 Å². The molecule has 2 atom stereocenters. The largest absolute Gasteiger partial charge is 0.376 e. The number of para-hydroxylation sites is 1. The predicted molar refractivity (Wildman–Crippen MR) is 79.0 cm³/mol. The second kappa shape index (κ2) is 6.12. The number of hydrogen-bond donors (Lipinski definition) is 2. The minimum atomic E-state index is -0.0699. The Bertz CT molecular complexity index is 491. The van der Waals surface area contributed by atoms with Gasteiger partial charge in [-0.15, -0.1) is 0 Å². The molecule has 108 valence electrons. The van der Waals surface area contributed by atoms with Gasteiger partial charge in [0.1, 0.15) is 0 Å². The number of benzene rings is 1. The van der Waals surface area contributed by atoms with Crippen LogP contribution < -0.4 is 10.6 Å². The molecule has 1 aromatic carbocycles. The number of halogens is 1. The van der Waals surface area contributed by atoms with E-state index in [1.807, 2.05) is 12.1 Å². The first-order valence-corrected chi connectivity index (χ1v) is 7.51. The van der Waals surface area contributed by atoms with Crippen LogP contribution in [0.3, 0.4) is 0 Å². The first kappa shape index (κ1) is 13.9. The Labute approximate surface area is 123 Å². The van der Waals surface area contributed by atoms with E-state index in [1.165, 1.54) is 12.8 Å². The van der Waals surface area contributed by atoms with Crippen molar-refractivity contribution in [1.29, 1.82) is 0 Å². The quantitative estimate of drug-likeness (QED) is 0.877. The number of carbonyl (C=O) groups is 1. The van der Waals surface area contributed by atoms with Crippen LogP contribution in [0.2, 0.25) is 5.02 Å². The number of anilines is 1. The summed E-state index contributed by atoms with van der Waals surface area (Å²) >= 11 is 6.01. The van der Waals surface area contributed by atoms with E-state index >= 15 is 0 Å². The van der Waals surface area contributed by atoms with Gasteiger partial charge in [-0.1, -0.05) is 23.7 Å². The molecule has 1 saturated heterocycles. The van der Waals surface area contributed by atoms with Gasteiger partial charge in [-0.2, -0.15) is 0 Å². The summed E-state index contributed by atoms with van der Waals surface area (Å²) in [5.41, 5.74) is 0.655. The molecule has 0 aromatic heterocycles. The zero-order valence-corrected chi connectivity index (χ0v) is 12.0. The summed E-state index contributed by atoms with van der Waals surface area (Å²) in [6, 6.07) is 7.55. The highest BCUT2D eigenvalue weighted by molar-refractivity contribution is 6.33. The third-order valence-corrected chi connectivity index (χ3v) is 4.22. The summed E-state index contributed by atoms with van der Waals surface area (Å²) < 4.78 is 5.74. The van der Waals surface area contributed by atoms with Crippen molar-refractivity contribution in [2.24, 2.45) is 5.92 Å². The minimum absolute atomic E-state index is 0.0699. The van der Waals surface area contributed by atoms with Crippen LogP contribution in [-0.4, -0.2) is 31.2 Å². The van der Waals surface area contributed by atoms with E-state index in [0.29, 0.717) is 35.3 Å². The number of nitrogens with one attached hydrogen (secondary N) is 2. The molecule has 2 fully saturated rings. The number of hydrogen-bond acceptors (Lipinski definition) is 3. The highest BCUT2D eigenvalue weighted by atomic mass is 35.5. The van der Waals surface area contributed by atoms with Crippen LogP contribution in [0.4, 0.5) is 5.69 Å². The van der Waals surface area contributed by atoms with Crippen LogP contribution in [-0.2, 0) is 9.53 Å². The first-order valence-electron chi connectivity index (χ1n) is 7.13. The summed E-state index contributed by atoms with van der Waals surface area (Å²) in [5.74, 6) is 0.626. The van der Waals surface area contributed by atoms with Crippen LogP contribution in [0.25, 0.3) is 0 Å². The standard InChI is InChI=1S/C15H19ClN2O2/c16-11-3-1-2-4-12(11)18-14(19)9-17-13-7-8-20-15(13)10-5-6-10/h1-4,10,13,15,17H,5-9H2,(H,18,19). The van der Waals surface area contributed by atoms with E-state index in [-0.39, 0.29) is 5.91 Å². The summed E-state index contributed by atoms with van der Waals surface area (Å²) in [5, 5.41) is 6.69. The van der Waals surface area contributed by atoms with E-state index in [4.69, 9.17) is 16.3 Å². The van der Waals surface area contributed by atoms with Crippen molar-refractivity contribution < 1.29 is 9.53 Å². The average molecular weight is 295 g/mol. The van der Waals surface area contributed by atoms with Gasteiger partial charge in [0.15, 0.2) is 0 Å². The molecule has 1 heterocycles. The lowest BCUT2D eigenvalue weighted by atomic mass is 10.1. The van der Waals surface area contributed by atoms with Crippen LogP contribution in [0.15, 0.2) is 24.3 Å². The Morgan fingerprint density at radius 1 is 1.30 bits per heavy atom. The Kier molecular flexibility index (Phi) is 4.24. The van der Waals surface area contributed by atoms with Crippen LogP contribution >= 0.6 is 11.6 Å². The number of carbonyl (C=O) groups excluding carboxylic acids is 1. The molecule has 1 aliphatic heterocycles. The van der Waals surface area contributed by atoms with E-state index in [2.05, 4.69) is 10.6 Å². The highest BCUT2D eigenvalue weighted by Gasteiger charge is 2.40. The summed E-state index contributed by atoms with van der Waals surface area (Å²) in [6.07, 6.45) is 3.80. The molecule has 1 aromatic rings. The molecule has 0 radical (unpaired) electrons. The predicted octanol–water partition coefficient (Wildman–Crippen LogP) is 2.44. The van der Waals surface area contributed by atoms with Crippen LogP contribution in [0.1, 0.15) is 19.3 Å². The summed E-state index contributed by atoms with van der Waals surface area (Å²) in [6.45, 7) is 1.09. The Balaban J connectivity index is 1.48. The second-order valence-corrected chi connectivity index (χ2v) is 5.88. The first-order chi connectivity index (χ1) is 9.74. The molecule has 3 rings (SSSR count). The monoisotopic (exact) mass is 294 g/mol. The van der Waals surface area contributed by atoms with Crippen molar-refractivity contribution in [2.45, 2.75) is 31.4 Å². The van der Waals surface area contributed by atoms with Crippen LogP contribution in [0, 0.1) is 5.92 Å². The lowest BCUT2D eigenvalue weighted by molar-refractivity contribution is -0.115. The Morgan fingerprint density at radius 2 is 2.10 bits per heavy atom. The van der Waals surface area contributed by atoms with Crippen molar-refractivity contribution in [3.63, 3.8) is 0 Å². The van der Waals surface area contributed by atoms with Crippen molar-refractivity contribution in [2.75, 3.05) is 18.5 Å². The second-order valence-electron chi connectivity index (χ2n) is 5.48. The van der Waals surface area contributed by atoms with Gasteiger partial charge in [0, 0.05) is 12.6 Å². The maximum absolute atomic E-state index is 11.9. The van der Waals surface area contributed by atoms with E-state index < -0.39 is 0 Å². The van der Waals surface area contributed by atoms with Crippen molar-refractivity contribution in [3.8, 4) is 0 Å². The van der Waals surface area contributed by atoms with Crippen molar-refractivity contribution in [3.05, 3.63) is 29.3 Å². The Hall–Kier alpha value is -1.10. The topological polar surface area (TPSA) is 50.4 Å². The SMILES string of the molecule is O=C(CNC1CCOC1C1CC1)Nc1ccccc1Cl. The number of rotatable bonds is 5. The van der Waals surface area contributed by atoms with Crippen molar-refractivity contribution in [1.82, 2.24) is 5.32 Å². The Morgan fingerprint density at radius 3 is 2.85 bits per heavy atom. The maximum Gasteiger partial charge on any atom is 0.238 e. The number of ether oxygens (including phenoxy) is 1. The van der Waals surface area contributed by atoms with Gasteiger partial charge in [-0.3, -0.25) is 4.79 Å². The zero-order valence-electron chi connectivity index (χ0n) is 11.3. The molecule has 0 bridgehead atoms. The summed E-state index contributed by atoms with van der Waals surface area (Å²) in [7, 11) is 0. The van der Waals surface area contributed by atoms with Gasteiger partial charge in [0.05, 0.1) is 23.4 Å². The highest BCUT2D eigenvalue weighted by Crippen LogP contribution is 2.38. The molecular formula is C15H19ClN2O2. The molecular weight excluding hydrogens is 276 g/mol. The molecule has 0 spiro atoms. The normalized spacial score (nSPS) is 25.6. The molecule has 1 saturated carbocycles.